The molecule has 1 saturated heterocycles. The number of rotatable bonds is 4. The number of nitrogens with one attached hydrogen (secondary N) is 1. The van der Waals surface area contributed by atoms with Crippen LogP contribution >= 0.6 is 0 Å². The molecule has 2 N–H and O–H groups in total. The van der Waals surface area contributed by atoms with E-state index >= 15 is 0 Å². The number of aromatic hydroxyl groups is 1. The second-order valence-corrected chi connectivity index (χ2v) is 8.24. The second kappa shape index (κ2) is 8.61. The van der Waals surface area contributed by atoms with E-state index < -0.39 is 28.6 Å². The van der Waals surface area contributed by atoms with Crippen LogP contribution in [0.25, 0.3) is 5.69 Å². The van der Waals surface area contributed by atoms with Crippen molar-refractivity contribution in [2.45, 2.75) is 38.5 Å². The van der Waals surface area contributed by atoms with E-state index in [1.54, 1.807) is 6.92 Å². The molecule has 11 nitrogen and oxygen atoms in total. The molecule has 2 aliphatic rings. The van der Waals surface area contributed by atoms with E-state index in [1.807, 2.05) is 0 Å². The smallest absolute Gasteiger partial charge is 0.296 e. The number of ether oxygens (including phenoxy) is 2. The lowest BCUT2D eigenvalue weighted by Crippen LogP contribution is -2.48. The number of benzene rings is 1. The zero-order valence-electron chi connectivity index (χ0n) is 18.5. The Hall–Kier alpha value is -3.64. The lowest BCUT2D eigenvalue weighted by Gasteiger charge is -2.40. The van der Waals surface area contributed by atoms with Gasteiger partial charge in [0.25, 0.3) is 11.5 Å². The molecule has 5 rings (SSSR count). The van der Waals surface area contributed by atoms with Gasteiger partial charge in [0.05, 0.1) is 18.8 Å². The molecule has 2 aromatic heterocycles. The van der Waals surface area contributed by atoms with Gasteiger partial charge < -0.3 is 19.9 Å². The first-order valence-electron chi connectivity index (χ1n) is 10.9. The summed E-state index contributed by atoms with van der Waals surface area (Å²) in [6, 6.07) is 4.06. The lowest BCUT2D eigenvalue weighted by atomic mass is 9.91. The second-order valence-electron chi connectivity index (χ2n) is 8.24. The molecule has 0 atom stereocenters. The third-order valence-electron chi connectivity index (χ3n) is 6.10. The monoisotopic (exact) mass is 470 g/mol. The van der Waals surface area contributed by atoms with Gasteiger partial charge in [-0.15, -0.1) is 0 Å². The number of carbonyl (C=O) groups excluding carboxylic acids is 1. The molecule has 4 heterocycles. The number of fused-ring (bicyclic) bond motifs is 2. The van der Waals surface area contributed by atoms with E-state index in [4.69, 9.17) is 9.47 Å². The number of aryl methyl sites for hydroxylation is 1. The number of hydrogen-bond donors (Lipinski definition) is 2. The van der Waals surface area contributed by atoms with E-state index in [-0.39, 0.29) is 18.8 Å². The van der Waals surface area contributed by atoms with Gasteiger partial charge in [-0.2, -0.15) is 5.10 Å². The molecule has 0 radical (unpaired) electrons. The van der Waals surface area contributed by atoms with E-state index in [9.17, 15) is 19.1 Å². The Morgan fingerprint density at radius 2 is 2.09 bits per heavy atom. The SMILES string of the molecule is Cc1ncn(-c2cc(F)ccc2CNC(=O)c2nc3n(c(=O)c2O)CCOC32CCOCC2)n1. The number of hydrogen-bond acceptors (Lipinski definition) is 8. The molecule has 1 spiro atoms. The van der Waals surface area contributed by atoms with Crippen molar-refractivity contribution in [1.29, 1.82) is 0 Å². The maximum absolute atomic E-state index is 13.9. The van der Waals surface area contributed by atoms with Crippen LogP contribution in [0.5, 0.6) is 5.75 Å². The van der Waals surface area contributed by atoms with Crippen LogP contribution in [0.2, 0.25) is 0 Å². The molecule has 1 fully saturated rings. The van der Waals surface area contributed by atoms with Crippen molar-refractivity contribution in [3.63, 3.8) is 0 Å². The normalized spacial score (nSPS) is 16.9. The molecule has 0 unspecified atom stereocenters. The summed E-state index contributed by atoms with van der Waals surface area (Å²) in [6.45, 7) is 3.09. The van der Waals surface area contributed by atoms with Gasteiger partial charge in [0, 0.05) is 32.6 Å². The Morgan fingerprint density at radius 3 is 2.82 bits per heavy atom. The van der Waals surface area contributed by atoms with Gasteiger partial charge in [-0.1, -0.05) is 6.07 Å². The summed E-state index contributed by atoms with van der Waals surface area (Å²) in [7, 11) is 0. The van der Waals surface area contributed by atoms with E-state index in [1.165, 1.54) is 33.8 Å². The Balaban J connectivity index is 1.45. The minimum Gasteiger partial charge on any atom is -0.501 e. The topological polar surface area (TPSA) is 133 Å². The predicted octanol–water partition coefficient (Wildman–Crippen LogP) is 0.943. The van der Waals surface area contributed by atoms with Gasteiger partial charge in [0.2, 0.25) is 5.75 Å². The summed E-state index contributed by atoms with van der Waals surface area (Å²) in [6.07, 6.45) is 2.42. The van der Waals surface area contributed by atoms with E-state index in [0.717, 1.165) is 0 Å². The average Bonchev–Trinajstić information content (AvgIpc) is 3.27. The molecule has 0 saturated carbocycles. The van der Waals surface area contributed by atoms with Gasteiger partial charge in [-0.05, 0) is 24.6 Å². The van der Waals surface area contributed by atoms with Gasteiger partial charge in [0.1, 0.15) is 29.4 Å². The molecular weight excluding hydrogens is 447 g/mol. The van der Waals surface area contributed by atoms with Crippen molar-refractivity contribution in [2.24, 2.45) is 0 Å². The quantitative estimate of drug-likeness (QED) is 0.576. The van der Waals surface area contributed by atoms with Crippen LogP contribution in [-0.2, 0) is 28.2 Å². The summed E-state index contributed by atoms with van der Waals surface area (Å²) in [5, 5.41) is 17.3. The average molecular weight is 470 g/mol. The first-order valence-corrected chi connectivity index (χ1v) is 10.9. The van der Waals surface area contributed by atoms with E-state index in [0.29, 0.717) is 55.6 Å². The fourth-order valence-corrected chi connectivity index (χ4v) is 4.34. The van der Waals surface area contributed by atoms with Crippen LogP contribution in [0, 0.1) is 12.7 Å². The van der Waals surface area contributed by atoms with Gasteiger partial charge in [-0.25, -0.2) is 19.0 Å². The summed E-state index contributed by atoms with van der Waals surface area (Å²) in [4.78, 5) is 34.3. The number of nitrogens with zero attached hydrogens (tertiary/aromatic N) is 5. The Morgan fingerprint density at radius 1 is 1.29 bits per heavy atom. The molecule has 1 amide bonds. The Bertz CT molecular complexity index is 1310. The summed E-state index contributed by atoms with van der Waals surface area (Å²) in [5.74, 6) is -1.11. The van der Waals surface area contributed by atoms with Crippen LogP contribution in [-0.4, -0.2) is 55.1 Å². The van der Waals surface area contributed by atoms with Crippen LogP contribution in [0.4, 0.5) is 4.39 Å². The third kappa shape index (κ3) is 3.84. The minimum atomic E-state index is -0.840. The minimum absolute atomic E-state index is 0.0254. The van der Waals surface area contributed by atoms with Crippen LogP contribution in [0.15, 0.2) is 29.3 Å². The fraction of sp³-hybridized carbons (Fsp3) is 0.409. The number of amides is 1. The first kappa shape index (κ1) is 22.2. The molecule has 178 valence electrons. The van der Waals surface area contributed by atoms with E-state index in [2.05, 4.69) is 20.4 Å². The van der Waals surface area contributed by atoms with Crippen molar-refractivity contribution >= 4 is 5.91 Å². The number of aromatic nitrogens is 5. The molecule has 12 heteroatoms. The molecule has 0 aliphatic carbocycles. The van der Waals surface area contributed by atoms with Gasteiger partial charge in [0.15, 0.2) is 5.69 Å². The Labute approximate surface area is 193 Å². The molecule has 2 aliphatic heterocycles. The van der Waals surface area contributed by atoms with Crippen LogP contribution < -0.4 is 10.9 Å². The van der Waals surface area contributed by atoms with Crippen molar-refractivity contribution in [2.75, 3.05) is 19.8 Å². The maximum Gasteiger partial charge on any atom is 0.296 e. The molecule has 1 aromatic carbocycles. The number of carbonyl (C=O) groups is 1. The highest BCUT2D eigenvalue weighted by molar-refractivity contribution is 5.94. The van der Waals surface area contributed by atoms with Crippen LogP contribution in [0.1, 0.15) is 40.5 Å². The summed E-state index contributed by atoms with van der Waals surface area (Å²) >= 11 is 0. The molecule has 3 aromatic rings. The highest BCUT2D eigenvalue weighted by atomic mass is 19.1. The third-order valence-corrected chi connectivity index (χ3v) is 6.10. The lowest BCUT2D eigenvalue weighted by molar-refractivity contribution is -0.139. The zero-order chi connectivity index (χ0) is 23.9. The van der Waals surface area contributed by atoms with Gasteiger partial charge in [-0.3, -0.25) is 14.2 Å². The standard InChI is InChI=1S/C22H23FN6O5/c1-13-25-12-29(27-13)16-10-15(23)3-2-14(16)11-24-19(31)17-18(30)20(32)28-6-9-34-22(21(28)26-17)4-7-33-8-5-22/h2-3,10,12,30H,4-9,11H2,1H3,(H,24,31). The fourth-order valence-electron chi connectivity index (χ4n) is 4.34. The zero-order valence-corrected chi connectivity index (χ0v) is 18.5. The van der Waals surface area contributed by atoms with Crippen LogP contribution in [0.3, 0.4) is 0 Å². The van der Waals surface area contributed by atoms with Crippen molar-refractivity contribution in [3.8, 4) is 11.4 Å². The molecular formula is C22H23FN6O5. The van der Waals surface area contributed by atoms with Crippen molar-refractivity contribution < 1.29 is 23.8 Å². The number of halogens is 1. The highest BCUT2D eigenvalue weighted by Crippen LogP contribution is 2.37. The molecule has 34 heavy (non-hydrogen) atoms. The molecule has 0 bridgehead atoms. The predicted molar refractivity (Wildman–Crippen MR) is 115 cm³/mol. The van der Waals surface area contributed by atoms with Crippen molar-refractivity contribution in [3.05, 3.63) is 63.6 Å². The summed E-state index contributed by atoms with van der Waals surface area (Å²) in [5.41, 5.74) is -0.957. The maximum atomic E-state index is 13.9. The highest BCUT2D eigenvalue weighted by Gasteiger charge is 2.43. The largest absolute Gasteiger partial charge is 0.501 e. The first-order chi connectivity index (χ1) is 16.4. The van der Waals surface area contributed by atoms with Crippen molar-refractivity contribution in [1.82, 2.24) is 29.6 Å². The summed E-state index contributed by atoms with van der Waals surface area (Å²) < 4.78 is 28.1. The Kier molecular flexibility index (Phi) is 5.62. The van der Waals surface area contributed by atoms with Gasteiger partial charge >= 0.3 is 0 Å².